The fraction of sp³-hybridized carbons (Fsp3) is 0.562. The molecule has 1 aliphatic heterocycles. The van der Waals surface area contributed by atoms with Crippen LogP contribution in [-0.2, 0) is 13.1 Å². The van der Waals surface area contributed by atoms with Gasteiger partial charge in [-0.1, -0.05) is 6.92 Å². The molecule has 0 bridgehead atoms. The summed E-state index contributed by atoms with van der Waals surface area (Å²) in [7, 11) is 0. The molecule has 2 aromatic rings. The molecule has 6 heteroatoms. The van der Waals surface area contributed by atoms with Crippen LogP contribution in [0, 0.1) is 0 Å². The van der Waals surface area contributed by atoms with Gasteiger partial charge >= 0.3 is 0 Å². The van der Waals surface area contributed by atoms with Crippen molar-refractivity contribution in [1.29, 1.82) is 0 Å². The van der Waals surface area contributed by atoms with Crippen molar-refractivity contribution in [3.8, 4) is 0 Å². The number of hydrogen-bond acceptors (Lipinski definition) is 5. The van der Waals surface area contributed by atoms with Crippen LogP contribution in [0.1, 0.15) is 25.6 Å². The monoisotopic (exact) mass is 300 g/mol. The Morgan fingerprint density at radius 1 is 1.00 bits per heavy atom. The molecule has 1 fully saturated rings. The maximum atomic E-state index is 4.52. The highest BCUT2D eigenvalue weighted by atomic mass is 15.3. The molecule has 0 aromatic carbocycles. The second kappa shape index (κ2) is 7.35. The van der Waals surface area contributed by atoms with E-state index < -0.39 is 0 Å². The van der Waals surface area contributed by atoms with Crippen LogP contribution in [0.4, 0.5) is 5.95 Å². The van der Waals surface area contributed by atoms with Crippen molar-refractivity contribution >= 4 is 5.95 Å². The zero-order chi connectivity index (χ0) is 15.2. The van der Waals surface area contributed by atoms with Gasteiger partial charge in [-0.2, -0.15) is 0 Å². The van der Waals surface area contributed by atoms with E-state index in [1.165, 1.54) is 5.82 Å². The van der Waals surface area contributed by atoms with E-state index in [1.807, 2.05) is 24.7 Å². The van der Waals surface area contributed by atoms with Gasteiger partial charge in [-0.25, -0.2) is 15.0 Å². The second-order valence-corrected chi connectivity index (χ2v) is 5.70. The summed E-state index contributed by atoms with van der Waals surface area (Å²) in [6.07, 6.45) is 9.89. The van der Waals surface area contributed by atoms with Crippen molar-refractivity contribution in [2.75, 3.05) is 31.1 Å². The number of nitrogens with zero attached hydrogens (tertiary/aromatic N) is 6. The van der Waals surface area contributed by atoms with Crippen LogP contribution in [0.15, 0.2) is 30.9 Å². The fourth-order valence-electron chi connectivity index (χ4n) is 2.92. The predicted octanol–water partition coefficient (Wildman–Crippen LogP) is 1.80. The zero-order valence-corrected chi connectivity index (χ0v) is 13.2. The summed E-state index contributed by atoms with van der Waals surface area (Å²) in [5.74, 6) is 2.02. The van der Waals surface area contributed by atoms with Crippen LogP contribution in [0.3, 0.4) is 0 Å². The number of aromatic nitrogens is 4. The van der Waals surface area contributed by atoms with Crippen molar-refractivity contribution in [3.63, 3.8) is 0 Å². The Bertz CT molecular complexity index is 567. The molecule has 0 radical (unpaired) electrons. The summed E-state index contributed by atoms with van der Waals surface area (Å²) in [5.41, 5.74) is 0. The SMILES string of the molecule is CCCn1ccnc1CN1CCCN(c2ncccn2)CC1. The van der Waals surface area contributed by atoms with Crippen molar-refractivity contribution in [1.82, 2.24) is 24.4 Å². The van der Waals surface area contributed by atoms with Crippen LogP contribution in [0.5, 0.6) is 0 Å². The Balaban J connectivity index is 1.59. The van der Waals surface area contributed by atoms with Gasteiger partial charge in [-0.3, -0.25) is 4.90 Å². The van der Waals surface area contributed by atoms with Crippen molar-refractivity contribution in [2.24, 2.45) is 0 Å². The number of anilines is 1. The largest absolute Gasteiger partial charge is 0.339 e. The highest BCUT2D eigenvalue weighted by Gasteiger charge is 2.18. The number of rotatable bonds is 5. The molecular formula is C16H24N6. The first-order chi connectivity index (χ1) is 10.9. The molecule has 0 saturated carbocycles. The Morgan fingerprint density at radius 2 is 1.86 bits per heavy atom. The van der Waals surface area contributed by atoms with Crippen LogP contribution in [0.2, 0.25) is 0 Å². The molecule has 118 valence electrons. The molecular weight excluding hydrogens is 276 g/mol. The molecule has 22 heavy (non-hydrogen) atoms. The normalized spacial score (nSPS) is 16.7. The highest BCUT2D eigenvalue weighted by molar-refractivity contribution is 5.28. The fourth-order valence-corrected chi connectivity index (χ4v) is 2.92. The third-order valence-corrected chi connectivity index (χ3v) is 4.05. The lowest BCUT2D eigenvalue weighted by molar-refractivity contribution is 0.273. The standard InChI is InChI=1S/C16H24N6/c1-2-8-21-11-7-17-15(21)14-20-9-4-10-22(13-12-20)16-18-5-3-6-19-16/h3,5-7,11H,2,4,8-10,12-14H2,1H3. The minimum Gasteiger partial charge on any atom is -0.339 e. The lowest BCUT2D eigenvalue weighted by Crippen LogP contribution is -2.32. The van der Waals surface area contributed by atoms with Gasteiger partial charge in [-0.15, -0.1) is 0 Å². The summed E-state index contributed by atoms with van der Waals surface area (Å²) in [4.78, 5) is 18.0. The quantitative estimate of drug-likeness (QED) is 0.842. The van der Waals surface area contributed by atoms with E-state index in [1.54, 1.807) is 0 Å². The second-order valence-electron chi connectivity index (χ2n) is 5.70. The third kappa shape index (κ3) is 3.62. The van der Waals surface area contributed by atoms with Gasteiger partial charge in [0.1, 0.15) is 5.82 Å². The summed E-state index contributed by atoms with van der Waals surface area (Å²) < 4.78 is 2.27. The summed E-state index contributed by atoms with van der Waals surface area (Å²) >= 11 is 0. The summed E-state index contributed by atoms with van der Waals surface area (Å²) in [5, 5.41) is 0. The Morgan fingerprint density at radius 3 is 2.68 bits per heavy atom. The van der Waals surface area contributed by atoms with Gasteiger partial charge in [0, 0.05) is 57.5 Å². The molecule has 1 saturated heterocycles. The minimum atomic E-state index is 0.844. The average Bonchev–Trinajstić information content (AvgIpc) is 2.84. The zero-order valence-electron chi connectivity index (χ0n) is 13.2. The van der Waals surface area contributed by atoms with Gasteiger partial charge in [0.05, 0.1) is 6.54 Å². The van der Waals surface area contributed by atoms with Gasteiger partial charge in [0.15, 0.2) is 0 Å². The highest BCUT2D eigenvalue weighted by Crippen LogP contribution is 2.12. The van der Waals surface area contributed by atoms with Gasteiger partial charge < -0.3 is 9.47 Å². The molecule has 0 aliphatic carbocycles. The number of aryl methyl sites for hydroxylation is 1. The number of hydrogen-bond donors (Lipinski definition) is 0. The first kappa shape index (κ1) is 15.0. The van der Waals surface area contributed by atoms with E-state index in [-0.39, 0.29) is 0 Å². The van der Waals surface area contributed by atoms with Crippen molar-refractivity contribution in [2.45, 2.75) is 32.9 Å². The summed E-state index contributed by atoms with van der Waals surface area (Å²) in [6, 6.07) is 1.86. The van der Waals surface area contributed by atoms with Crippen LogP contribution < -0.4 is 4.90 Å². The van der Waals surface area contributed by atoms with Crippen LogP contribution in [-0.4, -0.2) is 50.6 Å². The molecule has 0 spiro atoms. The molecule has 6 nitrogen and oxygen atoms in total. The first-order valence-corrected chi connectivity index (χ1v) is 8.11. The predicted molar refractivity (Wildman–Crippen MR) is 86.7 cm³/mol. The van der Waals surface area contributed by atoms with E-state index in [0.29, 0.717) is 0 Å². The maximum Gasteiger partial charge on any atom is 0.225 e. The molecule has 3 rings (SSSR count). The molecule has 3 heterocycles. The van der Waals surface area contributed by atoms with Gasteiger partial charge in [-0.05, 0) is 18.9 Å². The van der Waals surface area contributed by atoms with Crippen molar-refractivity contribution in [3.05, 3.63) is 36.7 Å². The summed E-state index contributed by atoms with van der Waals surface area (Å²) in [6.45, 7) is 8.29. The third-order valence-electron chi connectivity index (χ3n) is 4.05. The Hall–Kier alpha value is -1.95. The van der Waals surface area contributed by atoms with Crippen LogP contribution in [0.25, 0.3) is 0 Å². The maximum absolute atomic E-state index is 4.52. The van der Waals surface area contributed by atoms with E-state index in [0.717, 1.165) is 58.1 Å². The smallest absolute Gasteiger partial charge is 0.225 e. The molecule has 0 amide bonds. The topological polar surface area (TPSA) is 50.1 Å². The van der Waals surface area contributed by atoms with E-state index in [2.05, 4.69) is 42.4 Å². The lowest BCUT2D eigenvalue weighted by Gasteiger charge is -2.21. The van der Waals surface area contributed by atoms with Gasteiger partial charge in [0.2, 0.25) is 5.95 Å². The molecule has 1 aliphatic rings. The van der Waals surface area contributed by atoms with Gasteiger partial charge in [0.25, 0.3) is 0 Å². The average molecular weight is 300 g/mol. The Kier molecular flexibility index (Phi) is 5.00. The minimum absolute atomic E-state index is 0.844. The van der Waals surface area contributed by atoms with E-state index in [9.17, 15) is 0 Å². The molecule has 0 atom stereocenters. The van der Waals surface area contributed by atoms with Crippen molar-refractivity contribution < 1.29 is 0 Å². The van der Waals surface area contributed by atoms with E-state index >= 15 is 0 Å². The molecule has 0 N–H and O–H groups in total. The number of imidazole rings is 1. The lowest BCUT2D eigenvalue weighted by atomic mass is 10.3. The molecule has 0 unspecified atom stereocenters. The van der Waals surface area contributed by atoms with Crippen LogP contribution >= 0.6 is 0 Å². The Labute approximate surface area is 131 Å². The first-order valence-electron chi connectivity index (χ1n) is 8.11. The van der Waals surface area contributed by atoms with E-state index in [4.69, 9.17) is 0 Å². The molecule has 2 aromatic heterocycles.